The van der Waals surface area contributed by atoms with Gasteiger partial charge in [0.05, 0.1) is 24.4 Å². The Kier molecular flexibility index (Phi) is 7.28. The van der Waals surface area contributed by atoms with Crippen molar-refractivity contribution in [2.75, 3.05) is 7.11 Å². The number of hydrogen-bond donors (Lipinski definition) is 3. The lowest BCUT2D eigenvalue weighted by Gasteiger charge is -2.20. The van der Waals surface area contributed by atoms with Crippen LogP contribution in [0.3, 0.4) is 0 Å². The van der Waals surface area contributed by atoms with Crippen LogP contribution in [-0.4, -0.2) is 41.3 Å². The average molecular weight is 517 g/mol. The van der Waals surface area contributed by atoms with E-state index < -0.39 is 17.8 Å². The number of carbonyl (C=O) groups excluding carboxylic acids is 3. The van der Waals surface area contributed by atoms with Crippen LogP contribution in [0, 0.1) is 34.9 Å². The predicted molar refractivity (Wildman–Crippen MR) is 132 cm³/mol. The Hall–Kier alpha value is -3.12. The second kappa shape index (κ2) is 10.1. The standard InChI is InChI=1S/C26H30ClFN4O4/c1-26(2)11-15(25(35)32-26)7-16(12-29)30-24(34)14(6-13-4-5-13)8-21(33)20-9-17-19(31-20)10-18(28)22(27)23(17)36-3/h9-10,13-16,31H,4-8,11H2,1-3H3,(H,30,34)(H,32,35). The quantitative estimate of drug-likeness (QED) is 0.407. The second-order valence-corrected chi connectivity index (χ2v) is 10.9. The maximum Gasteiger partial charge on any atom is 0.224 e. The molecule has 0 spiro atoms. The van der Waals surface area contributed by atoms with Crippen LogP contribution >= 0.6 is 11.6 Å². The van der Waals surface area contributed by atoms with Crippen LogP contribution in [-0.2, 0) is 9.59 Å². The van der Waals surface area contributed by atoms with E-state index in [1.807, 2.05) is 13.8 Å². The molecule has 3 atom stereocenters. The summed E-state index contributed by atoms with van der Waals surface area (Å²) in [6.07, 6.45) is 3.27. The zero-order valence-corrected chi connectivity index (χ0v) is 21.3. The van der Waals surface area contributed by atoms with Crippen molar-refractivity contribution >= 4 is 40.1 Å². The van der Waals surface area contributed by atoms with Crippen LogP contribution in [0.2, 0.25) is 5.02 Å². The first-order valence-corrected chi connectivity index (χ1v) is 12.5. The van der Waals surface area contributed by atoms with Gasteiger partial charge in [-0.05, 0) is 51.2 Å². The molecule has 192 valence electrons. The molecule has 2 amide bonds. The third kappa shape index (κ3) is 5.65. The lowest BCUT2D eigenvalue weighted by molar-refractivity contribution is -0.127. The van der Waals surface area contributed by atoms with Crippen LogP contribution in [0.5, 0.6) is 5.75 Å². The van der Waals surface area contributed by atoms with E-state index >= 15 is 0 Å². The number of methoxy groups -OCH3 is 1. The number of aromatic amines is 1. The molecule has 1 saturated heterocycles. The molecule has 2 fully saturated rings. The first-order valence-electron chi connectivity index (χ1n) is 12.1. The van der Waals surface area contributed by atoms with Crippen molar-refractivity contribution < 1.29 is 23.5 Å². The molecule has 2 aliphatic rings. The number of nitrogens with one attached hydrogen (secondary N) is 3. The van der Waals surface area contributed by atoms with E-state index in [0.717, 1.165) is 12.8 Å². The minimum absolute atomic E-state index is 0.0667. The van der Waals surface area contributed by atoms with E-state index in [-0.39, 0.29) is 58.4 Å². The number of aromatic nitrogens is 1. The van der Waals surface area contributed by atoms with E-state index in [9.17, 15) is 24.0 Å². The van der Waals surface area contributed by atoms with Crippen molar-refractivity contribution in [3.63, 3.8) is 0 Å². The summed E-state index contributed by atoms with van der Waals surface area (Å²) in [6, 6.07) is 4.01. The van der Waals surface area contributed by atoms with Gasteiger partial charge in [-0.3, -0.25) is 14.4 Å². The van der Waals surface area contributed by atoms with Gasteiger partial charge in [0.25, 0.3) is 0 Å². The summed E-state index contributed by atoms with van der Waals surface area (Å²) in [4.78, 5) is 41.5. The highest BCUT2D eigenvalue weighted by Gasteiger charge is 2.39. The zero-order chi connectivity index (χ0) is 26.2. The number of ketones is 1. The molecular formula is C26H30ClFN4O4. The number of ether oxygens (including phenoxy) is 1. The Balaban J connectivity index is 1.47. The molecule has 4 rings (SSSR count). The highest BCUT2D eigenvalue weighted by Crippen LogP contribution is 2.38. The molecule has 1 saturated carbocycles. The molecular weight excluding hydrogens is 487 g/mol. The third-order valence-corrected chi connectivity index (χ3v) is 7.33. The van der Waals surface area contributed by atoms with Crippen LogP contribution in [0.1, 0.15) is 62.9 Å². The number of rotatable bonds is 10. The van der Waals surface area contributed by atoms with Crippen molar-refractivity contribution in [2.45, 2.75) is 64.0 Å². The largest absolute Gasteiger partial charge is 0.494 e. The smallest absolute Gasteiger partial charge is 0.224 e. The number of nitrogens with zero attached hydrogens (tertiary/aromatic N) is 1. The summed E-state index contributed by atoms with van der Waals surface area (Å²) >= 11 is 6.00. The Labute approximate surface area is 213 Å². The van der Waals surface area contributed by atoms with E-state index in [2.05, 4.69) is 21.7 Å². The average Bonchev–Trinajstić information content (AvgIpc) is 3.47. The van der Waals surface area contributed by atoms with Crippen LogP contribution in [0.25, 0.3) is 10.9 Å². The molecule has 1 aliphatic carbocycles. The summed E-state index contributed by atoms with van der Waals surface area (Å²) in [7, 11) is 1.37. The lowest BCUT2D eigenvalue weighted by Crippen LogP contribution is -2.40. The molecule has 0 bridgehead atoms. The highest BCUT2D eigenvalue weighted by molar-refractivity contribution is 6.33. The Morgan fingerprint density at radius 2 is 2.06 bits per heavy atom. The molecule has 36 heavy (non-hydrogen) atoms. The van der Waals surface area contributed by atoms with Crippen molar-refractivity contribution in [3.8, 4) is 11.8 Å². The van der Waals surface area contributed by atoms with Gasteiger partial charge in [0, 0.05) is 29.2 Å². The van der Waals surface area contributed by atoms with Crippen molar-refractivity contribution in [1.29, 1.82) is 5.26 Å². The van der Waals surface area contributed by atoms with Crippen LogP contribution in [0.15, 0.2) is 12.1 Å². The summed E-state index contributed by atoms with van der Waals surface area (Å²) in [6.45, 7) is 3.84. The molecule has 1 aliphatic heterocycles. The topological polar surface area (TPSA) is 124 Å². The Morgan fingerprint density at radius 3 is 2.64 bits per heavy atom. The van der Waals surface area contributed by atoms with Gasteiger partial charge in [0.1, 0.15) is 22.6 Å². The lowest BCUT2D eigenvalue weighted by atomic mass is 9.90. The van der Waals surface area contributed by atoms with E-state index in [4.69, 9.17) is 16.3 Å². The van der Waals surface area contributed by atoms with Gasteiger partial charge in [-0.1, -0.05) is 24.4 Å². The van der Waals surface area contributed by atoms with Gasteiger partial charge in [-0.15, -0.1) is 0 Å². The van der Waals surface area contributed by atoms with Crippen molar-refractivity contribution in [1.82, 2.24) is 15.6 Å². The number of Topliss-reactive ketones (excluding diaryl/α,β-unsaturated/α-hetero) is 1. The van der Waals surface area contributed by atoms with Gasteiger partial charge in [0.2, 0.25) is 11.8 Å². The fraction of sp³-hybridized carbons (Fsp3) is 0.538. The van der Waals surface area contributed by atoms with Gasteiger partial charge in [-0.2, -0.15) is 5.26 Å². The molecule has 3 unspecified atom stereocenters. The molecule has 2 heterocycles. The van der Waals surface area contributed by atoms with Crippen LogP contribution in [0.4, 0.5) is 4.39 Å². The van der Waals surface area contributed by atoms with Gasteiger partial charge < -0.3 is 20.4 Å². The SMILES string of the molecule is COc1c(Cl)c(F)cc2[nH]c(C(=O)CC(CC3CC3)C(=O)NC(C#N)CC3CC(C)(C)NC3=O)cc12. The molecule has 1 aromatic heterocycles. The van der Waals surface area contributed by atoms with Crippen LogP contribution < -0.4 is 15.4 Å². The molecule has 0 radical (unpaired) electrons. The molecule has 2 aromatic rings. The maximum absolute atomic E-state index is 14.1. The minimum atomic E-state index is -0.832. The molecule has 10 heteroatoms. The number of benzene rings is 1. The summed E-state index contributed by atoms with van der Waals surface area (Å²) < 4.78 is 19.3. The second-order valence-electron chi connectivity index (χ2n) is 10.6. The molecule has 3 N–H and O–H groups in total. The number of hydrogen-bond acceptors (Lipinski definition) is 5. The maximum atomic E-state index is 14.1. The Morgan fingerprint density at radius 1 is 1.33 bits per heavy atom. The van der Waals surface area contributed by atoms with E-state index in [1.165, 1.54) is 13.2 Å². The van der Waals surface area contributed by atoms with Gasteiger partial charge >= 0.3 is 0 Å². The van der Waals surface area contributed by atoms with E-state index in [0.29, 0.717) is 29.7 Å². The number of halogens is 2. The monoisotopic (exact) mass is 516 g/mol. The summed E-state index contributed by atoms with van der Waals surface area (Å²) in [5.74, 6) is -1.96. The predicted octanol–water partition coefficient (Wildman–Crippen LogP) is 4.27. The fourth-order valence-electron chi connectivity index (χ4n) is 5.02. The van der Waals surface area contributed by atoms with Crippen molar-refractivity contribution in [3.05, 3.63) is 28.7 Å². The van der Waals surface area contributed by atoms with Gasteiger partial charge in [0.15, 0.2) is 5.78 Å². The number of H-pyrrole nitrogens is 1. The molecule has 1 aromatic carbocycles. The first kappa shape index (κ1) is 26.0. The zero-order valence-electron chi connectivity index (χ0n) is 20.5. The van der Waals surface area contributed by atoms with E-state index in [1.54, 1.807) is 6.07 Å². The third-order valence-electron chi connectivity index (χ3n) is 6.98. The molecule has 8 nitrogen and oxygen atoms in total. The Bertz CT molecular complexity index is 1250. The number of carbonyl (C=O) groups is 3. The first-order chi connectivity index (χ1) is 17.0. The fourth-order valence-corrected chi connectivity index (χ4v) is 5.25. The number of nitriles is 1. The normalized spacial score (nSPS) is 20.4. The number of fused-ring (bicyclic) bond motifs is 1. The highest BCUT2D eigenvalue weighted by atomic mass is 35.5. The number of amides is 2. The minimum Gasteiger partial charge on any atom is -0.494 e. The van der Waals surface area contributed by atoms with Crippen molar-refractivity contribution in [2.24, 2.45) is 17.8 Å². The summed E-state index contributed by atoms with van der Waals surface area (Å²) in [5.41, 5.74) is 0.241. The summed E-state index contributed by atoms with van der Waals surface area (Å²) in [5, 5.41) is 15.6. The van der Waals surface area contributed by atoms with Gasteiger partial charge in [-0.25, -0.2) is 4.39 Å².